The van der Waals surface area contributed by atoms with Crippen LogP contribution in [0.15, 0.2) is 12.7 Å². The van der Waals surface area contributed by atoms with E-state index in [0.29, 0.717) is 17.6 Å². The molecule has 0 aliphatic heterocycles. The summed E-state index contributed by atoms with van der Waals surface area (Å²) < 4.78 is 0. The van der Waals surface area contributed by atoms with Crippen molar-refractivity contribution in [2.45, 2.75) is 26.2 Å². The van der Waals surface area contributed by atoms with E-state index in [1.54, 1.807) is 0 Å². The third-order valence-electron chi connectivity index (χ3n) is 2.10. The van der Waals surface area contributed by atoms with Crippen molar-refractivity contribution in [3.63, 3.8) is 0 Å². The number of Topliss-reactive ketones (excluding diaryl/α,β-unsaturated/α-hetero) is 1. The van der Waals surface area contributed by atoms with Gasteiger partial charge in [0, 0.05) is 12.8 Å². The topological polar surface area (TPSA) is 17.1 Å². The quantitative estimate of drug-likeness (QED) is 0.507. The van der Waals surface area contributed by atoms with Gasteiger partial charge in [-0.2, -0.15) is 0 Å². The van der Waals surface area contributed by atoms with Crippen molar-refractivity contribution in [3.05, 3.63) is 12.7 Å². The first-order chi connectivity index (χ1) is 4.72. The molecule has 0 heterocycles. The Balaban J connectivity index is 2.50. The molecule has 0 N–H and O–H groups in total. The van der Waals surface area contributed by atoms with Crippen LogP contribution >= 0.6 is 0 Å². The highest BCUT2D eigenvalue weighted by Gasteiger charge is 2.21. The average molecular weight is 138 g/mol. The fourth-order valence-electron chi connectivity index (χ4n) is 1.63. The van der Waals surface area contributed by atoms with Crippen LogP contribution in [-0.4, -0.2) is 5.78 Å². The summed E-state index contributed by atoms with van der Waals surface area (Å²) in [5.74, 6) is 1.43. The Morgan fingerprint density at radius 2 is 2.30 bits per heavy atom. The summed E-state index contributed by atoms with van der Waals surface area (Å²) >= 11 is 0. The lowest BCUT2D eigenvalue weighted by molar-refractivity contribution is -0.122. The molecule has 1 heteroatoms. The molecule has 1 aliphatic carbocycles. The predicted molar refractivity (Wildman–Crippen MR) is 41.7 cm³/mol. The molecule has 2 unspecified atom stereocenters. The third-order valence-corrected chi connectivity index (χ3v) is 2.10. The van der Waals surface area contributed by atoms with Gasteiger partial charge in [-0.05, 0) is 18.3 Å². The maximum Gasteiger partial charge on any atom is 0.133 e. The molecule has 1 saturated carbocycles. The number of carbonyl (C=O) groups excluding carboxylic acids is 1. The van der Waals surface area contributed by atoms with Crippen LogP contribution in [0.4, 0.5) is 0 Å². The molecule has 0 aromatic heterocycles. The fourth-order valence-corrected chi connectivity index (χ4v) is 1.63. The molecule has 0 amide bonds. The van der Waals surface area contributed by atoms with Crippen LogP contribution in [0.3, 0.4) is 0 Å². The molecule has 1 rings (SSSR count). The van der Waals surface area contributed by atoms with E-state index in [0.717, 1.165) is 19.3 Å². The summed E-state index contributed by atoms with van der Waals surface area (Å²) in [7, 11) is 0. The van der Waals surface area contributed by atoms with Gasteiger partial charge in [0.15, 0.2) is 0 Å². The molecular weight excluding hydrogens is 124 g/mol. The predicted octanol–water partition coefficient (Wildman–Crippen LogP) is 2.18. The van der Waals surface area contributed by atoms with Crippen molar-refractivity contribution in [2.24, 2.45) is 11.8 Å². The summed E-state index contributed by atoms with van der Waals surface area (Å²) in [5.41, 5.74) is 0. The van der Waals surface area contributed by atoms with Crippen LogP contribution in [-0.2, 0) is 4.79 Å². The Bertz CT molecular complexity index is 149. The summed E-state index contributed by atoms with van der Waals surface area (Å²) in [6.07, 6.45) is 4.57. The lowest BCUT2D eigenvalue weighted by atomic mass is 9.82. The second-order valence-electron chi connectivity index (χ2n) is 3.28. The number of hydrogen-bond acceptors (Lipinski definition) is 1. The molecule has 56 valence electrons. The Morgan fingerprint density at radius 3 is 2.80 bits per heavy atom. The summed E-state index contributed by atoms with van der Waals surface area (Å²) in [4.78, 5) is 11.0. The van der Waals surface area contributed by atoms with Crippen molar-refractivity contribution >= 4 is 5.78 Å². The van der Waals surface area contributed by atoms with E-state index in [1.165, 1.54) is 0 Å². The number of ketones is 1. The summed E-state index contributed by atoms with van der Waals surface area (Å²) in [6, 6.07) is 0. The van der Waals surface area contributed by atoms with Gasteiger partial charge in [-0.3, -0.25) is 4.79 Å². The maximum absolute atomic E-state index is 11.0. The van der Waals surface area contributed by atoms with Gasteiger partial charge in [-0.15, -0.1) is 6.58 Å². The van der Waals surface area contributed by atoms with Gasteiger partial charge in [0.25, 0.3) is 0 Å². The van der Waals surface area contributed by atoms with Gasteiger partial charge < -0.3 is 0 Å². The fraction of sp³-hybridized carbons (Fsp3) is 0.667. The van der Waals surface area contributed by atoms with E-state index in [2.05, 4.69) is 13.5 Å². The zero-order chi connectivity index (χ0) is 7.56. The number of carbonyl (C=O) groups is 1. The molecule has 0 aromatic rings. The molecule has 1 fully saturated rings. The minimum absolute atomic E-state index is 0.406. The second-order valence-corrected chi connectivity index (χ2v) is 3.28. The van der Waals surface area contributed by atoms with Gasteiger partial charge in [-0.25, -0.2) is 0 Å². The van der Waals surface area contributed by atoms with E-state index in [-0.39, 0.29) is 0 Å². The molecule has 0 bridgehead atoms. The lowest BCUT2D eigenvalue weighted by Crippen LogP contribution is -2.19. The monoisotopic (exact) mass is 138 g/mol. The Labute approximate surface area is 62.1 Å². The van der Waals surface area contributed by atoms with Crippen LogP contribution in [0, 0.1) is 11.8 Å². The van der Waals surface area contributed by atoms with E-state index in [1.807, 2.05) is 6.08 Å². The molecule has 1 aliphatic rings. The zero-order valence-electron chi connectivity index (χ0n) is 6.47. The van der Waals surface area contributed by atoms with Crippen LogP contribution in [0.2, 0.25) is 0 Å². The van der Waals surface area contributed by atoms with Gasteiger partial charge in [0.05, 0.1) is 0 Å². The van der Waals surface area contributed by atoms with Gasteiger partial charge in [-0.1, -0.05) is 13.0 Å². The number of rotatable bonds is 1. The minimum atomic E-state index is 0.406. The average Bonchev–Trinajstić information content (AvgIpc) is 1.85. The molecule has 0 spiro atoms. The van der Waals surface area contributed by atoms with E-state index in [9.17, 15) is 4.79 Å². The smallest absolute Gasteiger partial charge is 0.133 e. The molecule has 0 saturated heterocycles. The standard InChI is InChI=1S/C9H14O/c1-3-8-4-7(2)5-9(10)6-8/h3,7-8H,1,4-6H2,2H3. The van der Waals surface area contributed by atoms with E-state index < -0.39 is 0 Å². The van der Waals surface area contributed by atoms with Crippen LogP contribution in [0.25, 0.3) is 0 Å². The third kappa shape index (κ3) is 1.69. The van der Waals surface area contributed by atoms with E-state index >= 15 is 0 Å². The van der Waals surface area contributed by atoms with Crippen molar-refractivity contribution < 1.29 is 4.79 Å². The Hall–Kier alpha value is -0.590. The highest BCUT2D eigenvalue weighted by Crippen LogP contribution is 2.26. The normalized spacial score (nSPS) is 33.9. The molecule has 10 heavy (non-hydrogen) atoms. The Kier molecular flexibility index (Phi) is 2.25. The van der Waals surface area contributed by atoms with E-state index in [4.69, 9.17) is 0 Å². The first-order valence-electron chi connectivity index (χ1n) is 3.86. The highest BCUT2D eigenvalue weighted by atomic mass is 16.1. The number of hydrogen-bond donors (Lipinski definition) is 0. The molecule has 0 radical (unpaired) electrons. The molecule has 0 aromatic carbocycles. The second kappa shape index (κ2) is 3.00. The Morgan fingerprint density at radius 1 is 1.60 bits per heavy atom. The van der Waals surface area contributed by atoms with Crippen molar-refractivity contribution in [1.82, 2.24) is 0 Å². The first kappa shape index (κ1) is 7.52. The lowest BCUT2D eigenvalue weighted by Gasteiger charge is -2.22. The highest BCUT2D eigenvalue weighted by molar-refractivity contribution is 5.79. The molecule has 2 atom stereocenters. The van der Waals surface area contributed by atoms with Crippen LogP contribution in [0.5, 0.6) is 0 Å². The first-order valence-corrected chi connectivity index (χ1v) is 3.86. The molecular formula is C9H14O. The van der Waals surface area contributed by atoms with Gasteiger partial charge in [0.2, 0.25) is 0 Å². The SMILES string of the molecule is C=CC1CC(=O)CC(C)C1. The summed E-state index contributed by atoms with van der Waals surface area (Å²) in [6.45, 7) is 5.83. The maximum atomic E-state index is 11.0. The number of allylic oxidation sites excluding steroid dienone is 1. The largest absolute Gasteiger partial charge is 0.300 e. The van der Waals surface area contributed by atoms with Crippen LogP contribution in [0.1, 0.15) is 26.2 Å². The van der Waals surface area contributed by atoms with Crippen molar-refractivity contribution in [1.29, 1.82) is 0 Å². The van der Waals surface area contributed by atoms with Gasteiger partial charge in [0.1, 0.15) is 5.78 Å². The van der Waals surface area contributed by atoms with Crippen molar-refractivity contribution in [3.8, 4) is 0 Å². The zero-order valence-corrected chi connectivity index (χ0v) is 6.47. The summed E-state index contributed by atoms with van der Waals surface area (Å²) in [5, 5.41) is 0. The van der Waals surface area contributed by atoms with Crippen LogP contribution < -0.4 is 0 Å². The molecule has 1 nitrogen and oxygen atoms in total. The van der Waals surface area contributed by atoms with Gasteiger partial charge >= 0.3 is 0 Å². The van der Waals surface area contributed by atoms with Crippen molar-refractivity contribution in [2.75, 3.05) is 0 Å². The minimum Gasteiger partial charge on any atom is -0.300 e.